The molecule has 82 valence electrons. The molecule has 2 aliphatic heterocycles. The number of nitrogens with two attached hydrogens (primary N) is 1. The van der Waals surface area contributed by atoms with Crippen LogP contribution in [-0.4, -0.2) is 35.0 Å². The van der Waals surface area contributed by atoms with Gasteiger partial charge in [0, 0.05) is 13.1 Å². The molecule has 15 heavy (non-hydrogen) atoms. The van der Waals surface area contributed by atoms with Gasteiger partial charge in [0.2, 0.25) is 0 Å². The van der Waals surface area contributed by atoms with Gasteiger partial charge < -0.3 is 5.73 Å². The first-order chi connectivity index (χ1) is 7.29. The quantitative estimate of drug-likeness (QED) is 0.723. The average molecular weight is 223 g/mol. The van der Waals surface area contributed by atoms with E-state index in [-0.39, 0.29) is 0 Å². The summed E-state index contributed by atoms with van der Waals surface area (Å²) in [5.74, 6) is 0. The highest BCUT2D eigenvalue weighted by Gasteiger charge is 2.24. The molecule has 0 radical (unpaired) electrons. The van der Waals surface area contributed by atoms with E-state index in [0.29, 0.717) is 5.25 Å². The van der Waals surface area contributed by atoms with Gasteiger partial charge in [0.1, 0.15) is 0 Å². The normalized spacial score (nSPS) is 27.3. The number of nitrogens with zero attached hydrogens (tertiary/aromatic N) is 2. The standard InChI is InChI=1S/C11H17N3S/c1-2-6-14-7-3-4-9-10(5-8-14)15-11(12)13-9/h2,4,10H,1,3,5-8H2,(H2,12,13)/t10-/m1/s1. The number of amidine groups is 1. The van der Waals surface area contributed by atoms with Crippen molar-refractivity contribution in [2.45, 2.75) is 18.1 Å². The third-order valence-electron chi connectivity index (χ3n) is 2.73. The molecule has 0 fully saturated rings. The van der Waals surface area contributed by atoms with Gasteiger partial charge in [-0.15, -0.1) is 6.58 Å². The second-order valence-electron chi connectivity index (χ2n) is 3.85. The van der Waals surface area contributed by atoms with Gasteiger partial charge >= 0.3 is 0 Å². The van der Waals surface area contributed by atoms with Crippen LogP contribution in [0.4, 0.5) is 0 Å². The zero-order valence-corrected chi connectivity index (χ0v) is 9.67. The molecule has 0 aromatic carbocycles. The van der Waals surface area contributed by atoms with Crippen molar-refractivity contribution >= 4 is 16.9 Å². The van der Waals surface area contributed by atoms with Crippen LogP contribution in [-0.2, 0) is 0 Å². The van der Waals surface area contributed by atoms with Gasteiger partial charge in [0.05, 0.1) is 10.9 Å². The SMILES string of the molecule is C=CCN1CCC=C2N=C(N)S[C@@H]2CC1. The number of rotatable bonds is 2. The molecule has 0 saturated heterocycles. The number of hydrogen-bond acceptors (Lipinski definition) is 4. The molecule has 4 heteroatoms. The van der Waals surface area contributed by atoms with Crippen LogP contribution in [0.25, 0.3) is 0 Å². The molecule has 2 heterocycles. The van der Waals surface area contributed by atoms with Crippen LogP contribution in [0.3, 0.4) is 0 Å². The molecule has 0 unspecified atom stereocenters. The van der Waals surface area contributed by atoms with E-state index in [2.05, 4.69) is 22.5 Å². The van der Waals surface area contributed by atoms with Gasteiger partial charge in [-0.1, -0.05) is 23.9 Å². The third kappa shape index (κ3) is 2.63. The fourth-order valence-corrected chi connectivity index (χ4v) is 2.93. The van der Waals surface area contributed by atoms with E-state index in [4.69, 9.17) is 5.73 Å². The molecule has 2 aliphatic rings. The van der Waals surface area contributed by atoms with Crippen molar-refractivity contribution in [2.24, 2.45) is 10.7 Å². The van der Waals surface area contributed by atoms with Crippen molar-refractivity contribution in [2.75, 3.05) is 19.6 Å². The van der Waals surface area contributed by atoms with Crippen LogP contribution in [0.2, 0.25) is 0 Å². The molecule has 2 N–H and O–H groups in total. The number of aliphatic imine (C=N–C) groups is 1. The van der Waals surface area contributed by atoms with Gasteiger partial charge in [-0.05, 0) is 19.4 Å². The summed E-state index contributed by atoms with van der Waals surface area (Å²) >= 11 is 1.70. The monoisotopic (exact) mass is 223 g/mol. The zero-order chi connectivity index (χ0) is 10.7. The summed E-state index contributed by atoms with van der Waals surface area (Å²) in [4.78, 5) is 6.79. The minimum atomic E-state index is 0.484. The maximum atomic E-state index is 5.73. The lowest BCUT2D eigenvalue weighted by molar-refractivity contribution is 0.301. The summed E-state index contributed by atoms with van der Waals surface area (Å²) in [7, 11) is 0. The maximum Gasteiger partial charge on any atom is 0.159 e. The van der Waals surface area contributed by atoms with Crippen LogP contribution in [0.1, 0.15) is 12.8 Å². The summed E-state index contributed by atoms with van der Waals surface area (Å²) in [6, 6.07) is 0. The Morgan fingerprint density at radius 1 is 1.67 bits per heavy atom. The largest absolute Gasteiger partial charge is 0.378 e. The summed E-state index contributed by atoms with van der Waals surface area (Å²) in [5, 5.41) is 1.21. The highest BCUT2D eigenvalue weighted by atomic mass is 32.2. The van der Waals surface area contributed by atoms with E-state index in [1.165, 1.54) is 5.70 Å². The Hall–Kier alpha value is -0.740. The smallest absolute Gasteiger partial charge is 0.159 e. The lowest BCUT2D eigenvalue weighted by atomic mass is 10.1. The van der Waals surface area contributed by atoms with Crippen molar-refractivity contribution in [1.82, 2.24) is 4.90 Å². The fraction of sp³-hybridized carbons (Fsp3) is 0.545. The first-order valence-corrected chi connectivity index (χ1v) is 6.21. The molecule has 0 bridgehead atoms. The minimum absolute atomic E-state index is 0.484. The highest BCUT2D eigenvalue weighted by Crippen LogP contribution is 2.31. The molecule has 0 saturated carbocycles. The summed E-state index contributed by atoms with van der Waals surface area (Å²) in [6.07, 6.45) is 6.40. The van der Waals surface area contributed by atoms with Gasteiger partial charge in [0.25, 0.3) is 0 Å². The Balaban J connectivity index is 2.00. The van der Waals surface area contributed by atoms with E-state index >= 15 is 0 Å². The van der Waals surface area contributed by atoms with Crippen molar-refractivity contribution in [1.29, 1.82) is 0 Å². The molecular formula is C11H17N3S. The molecule has 0 spiro atoms. The van der Waals surface area contributed by atoms with Gasteiger partial charge in [-0.3, -0.25) is 4.90 Å². The van der Waals surface area contributed by atoms with Gasteiger partial charge in [-0.25, -0.2) is 4.99 Å². The first-order valence-electron chi connectivity index (χ1n) is 5.33. The zero-order valence-electron chi connectivity index (χ0n) is 8.85. The van der Waals surface area contributed by atoms with Crippen molar-refractivity contribution in [3.8, 4) is 0 Å². The summed E-state index contributed by atoms with van der Waals surface area (Å²) in [5.41, 5.74) is 6.92. The Morgan fingerprint density at radius 3 is 3.33 bits per heavy atom. The van der Waals surface area contributed by atoms with E-state index < -0.39 is 0 Å². The van der Waals surface area contributed by atoms with Crippen LogP contribution >= 0.6 is 11.8 Å². The van der Waals surface area contributed by atoms with Crippen LogP contribution in [0.5, 0.6) is 0 Å². The Labute approximate surface area is 95.1 Å². The summed E-state index contributed by atoms with van der Waals surface area (Å²) < 4.78 is 0. The lowest BCUT2D eigenvalue weighted by Crippen LogP contribution is -2.29. The molecule has 0 aromatic heterocycles. The van der Waals surface area contributed by atoms with E-state index in [9.17, 15) is 0 Å². The van der Waals surface area contributed by atoms with Gasteiger partial charge in [-0.2, -0.15) is 0 Å². The van der Waals surface area contributed by atoms with Crippen molar-refractivity contribution in [3.05, 3.63) is 24.4 Å². The number of thioether (sulfide) groups is 1. The molecule has 0 aliphatic carbocycles. The van der Waals surface area contributed by atoms with E-state index in [1.807, 2.05) is 6.08 Å². The minimum Gasteiger partial charge on any atom is -0.378 e. The van der Waals surface area contributed by atoms with Gasteiger partial charge in [0.15, 0.2) is 5.17 Å². The number of hydrogen-bond donors (Lipinski definition) is 1. The molecule has 0 amide bonds. The lowest BCUT2D eigenvalue weighted by Gasteiger charge is -2.24. The van der Waals surface area contributed by atoms with Crippen molar-refractivity contribution < 1.29 is 0 Å². The van der Waals surface area contributed by atoms with Crippen molar-refractivity contribution in [3.63, 3.8) is 0 Å². The predicted molar refractivity (Wildman–Crippen MR) is 67.0 cm³/mol. The average Bonchev–Trinajstić information content (AvgIpc) is 2.52. The maximum absolute atomic E-state index is 5.73. The Bertz CT molecular complexity index is 309. The van der Waals surface area contributed by atoms with Crippen LogP contribution in [0.15, 0.2) is 29.4 Å². The summed E-state index contributed by atoms with van der Waals surface area (Å²) in [6.45, 7) is 6.98. The second kappa shape index (κ2) is 4.86. The van der Waals surface area contributed by atoms with E-state index in [0.717, 1.165) is 37.6 Å². The Kier molecular flexibility index (Phi) is 3.49. The topological polar surface area (TPSA) is 41.6 Å². The second-order valence-corrected chi connectivity index (χ2v) is 5.08. The highest BCUT2D eigenvalue weighted by molar-refractivity contribution is 8.14. The fourth-order valence-electron chi connectivity index (χ4n) is 1.99. The molecular weight excluding hydrogens is 206 g/mol. The predicted octanol–water partition coefficient (Wildman–Crippen LogP) is 1.58. The third-order valence-corrected chi connectivity index (χ3v) is 3.82. The first kappa shape index (κ1) is 10.8. The number of fused-ring (bicyclic) bond motifs is 1. The Morgan fingerprint density at radius 2 is 2.53 bits per heavy atom. The molecule has 2 rings (SSSR count). The molecule has 1 atom stereocenters. The van der Waals surface area contributed by atoms with Crippen LogP contribution in [0, 0.1) is 0 Å². The molecule has 0 aromatic rings. The van der Waals surface area contributed by atoms with E-state index in [1.54, 1.807) is 11.8 Å². The van der Waals surface area contributed by atoms with Crippen LogP contribution < -0.4 is 5.73 Å². The molecule has 3 nitrogen and oxygen atoms in total.